The smallest absolute Gasteiger partial charge is 0.0714 e. The lowest BCUT2D eigenvalue weighted by molar-refractivity contribution is 0.768. The van der Waals surface area contributed by atoms with Crippen molar-refractivity contribution in [2.45, 2.75) is 12.3 Å². The zero-order valence-corrected chi connectivity index (χ0v) is 41.2. The Morgan fingerprint density at radius 1 is 0.432 bits per heavy atom. The van der Waals surface area contributed by atoms with Crippen LogP contribution in [-0.4, -0.2) is 4.57 Å². The number of rotatable bonds is 11. The molecule has 0 spiro atoms. The normalized spacial score (nSPS) is 12.9. The van der Waals surface area contributed by atoms with Gasteiger partial charge in [0, 0.05) is 33.5 Å². The summed E-state index contributed by atoms with van der Waals surface area (Å²) in [5, 5.41) is 4.87. The molecule has 0 amide bonds. The first kappa shape index (κ1) is 44.4. The maximum Gasteiger partial charge on any atom is 0.0714 e. The van der Waals surface area contributed by atoms with Crippen molar-refractivity contribution in [2.24, 2.45) is 0 Å². The minimum absolute atomic E-state index is 0.536. The van der Waals surface area contributed by atoms with Crippen LogP contribution in [-0.2, 0) is 5.41 Å². The van der Waals surface area contributed by atoms with Crippen molar-refractivity contribution in [1.82, 2.24) is 4.57 Å². The summed E-state index contributed by atoms with van der Waals surface area (Å²) >= 11 is 0. The van der Waals surface area contributed by atoms with Gasteiger partial charge in [0.15, 0.2) is 0 Å². The number of nitrogens with zero attached hydrogens (tertiary/aromatic N) is 2. The molecule has 0 radical (unpaired) electrons. The van der Waals surface area contributed by atoms with E-state index in [-0.39, 0.29) is 0 Å². The van der Waals surface area contributed by atoms with Gasteiger partial charge in [-0.25, -0.2) is 0 Å². The molecule has 0 fully saturated rings. The van der Waals surface area contributed by atoms with Crippen molar-refractivity contribution in [3.63, 3.8) is 0 Å². The molecule has 0 atom stereocenters. The van der Waals surface area contributed by atoms with Crippen LogP contribution < -0.4 is 4.90 Å². The predicted molar refractivity (Wildman–Crippen MR) is 314 cm³/mol. The molecular formula is C72H52N2. The molecule has 2 nitrogen and oxygen atoms in total. The van der Waals surface area contributed by atoms with Crippen molar-refractivity contribution < 1.29 is 0 Å². The quantitative estimate of drug-likeness (QED) is 0.117. The third-order valence-electron chi connectivity index (χ3n) is 15.1. The zero-order chi connectivity index (χ0) is 49.6. The molecule has 0 N–H and O–H groups in total. The highest BCUT2D eigenvalue weighted by Crippen LogP contribution is 2.57. The van der Waals surface area contributed by atoms with Crippen molar-refractivity contribution in [3.05, 3.63) is 325 Å². The van der Waals surface area contributed by atoms with Crippen molar-refractivity contribution >= 4 is 60.8 Å². The second kappa shape index (κ2) is 18.6. The molecule has 11 aromatic carbocycles. The van der Waals surface area contributed by atoms with Crippen molar-refractivity contribution in [2.75, 3.05) is 4.90 Å². The Morgan fingerprint density at radius 2 is 1.05 bits per heavy atom. The highest BCUT2D eigenvalue weighted by molar-refractivity contribution is 6.10. The third kappa shape index (κ3) is 7.50. The molecule has 0 unspecified atom stereocenters. The number of aromatic nitrogens is 1. The van der Waals surface area contributed by atoms with Gasteiger partial charge in [-0.1, -0.05) is 219 Å². The van der Waals surface area contributed by atoms with Crippen molar-refractivity contribution in [3.8, 4) is 27.9 Å². The first-order valence-electron chi connectivity index (χ1n) is 25.5. The largest absolute Gasteiger partial charge is 0.310 e. The molecule has 1 aliphatic carbocycles. The van der Waals surface area contributed by atoms with Gasteiger partial charge in [-0.05, 0) is 157 Å². The molecule has 74 heavy (non-hydrogen) atoms. The molecule has 2 heteroatoms. The fraction of sp³-hybridized carbons (Fsp3) is 0.0278. The standard InChI is InChI=1S/C72H52N2/c1-3-20-55(45-50(2)54-38-44-71-67(48-54)66-32-16-18-34-70(66)74(71)62-41-37-52-23-13-14-24-56(52)46-62)57-25-19-30-61(47-57)73(60-39-35-53(36-40-60)51-21-7-4-8-22-51)63-42-43-65-64-31-15-17-33-68(64)72(69(65)49-63,58-26-9-5-10-27-58)59-28-11-6-12-29-59/h3-49H,2H2,1H3/b20-3-,55-45+. The third-order valence-corrected chi connectivity index (χ3v) is 15.1. The molecule has 12 aromatic rings. The number of fused-ring (bicyclic) bond motifs is 7. The number of benzene rings is 11. The Kier molecular flexibility index (Phi) is 11.2. The predicted octanol–water partition coefficient (Wildman–Crippen LogP) is 19.1. The molecule has 0 bridgehead atoms. The minimum atomic E-state index is -0.536. The first-order chi connectivity index (χ1) is 36.6. The second-order valence-electron chi connectivity index (χ2n) is 19.3. The number of para-hydroxylation sites is 1. The lowest BCUT2D eigenvalue weighted by atomic mass is 9.67. The van der Waals surface area contributed by atoms with Gasteiger partial charge in [-0.15, -0.1) is 0 Å². The minimum Gasteiger partial charge on any atom is -0.310 e. The van der Waals surface area contributed by atoms with E-state index in [2.05, 4.69) is 302 Å². The van der Waals surface area contributed by atoms with Gasteiger partial charge in [0.2, 0.25) is 0 Å². The topological polar surface area (TPSA) is 8.17 Å². The number of hydrogen-bond donors (Lipinski definition) is 0. The highest BCUT2D eigenvalue weighted by atomic mass is 15.1. The molecule has 1 aliphatic rings. The number of allylic oxidation sites excluding steroid dienone is 5. The summed E-state index contributed by atoms with van der Waals surface area (Å²) in [6.07, 6.45) is 6.56. The summed E-state index contributed by atoms with van der Waals surface area (Å²) in [6.45, 7) is 6.82. The molecule has 350 valence electrons. The van der Waals surface area contributed by atoms with Gasteiger partial charge in [0.1, 0.15) is 0 Å². The summed E-state index contributed by atoms with van der Waals surface area (Å²) in [5.74, 6) is 0. The molecule has 0 saturated heterocycles. The van der Waals surface area contributed by atoms with Gasteiger partial charge in [0.25, 0.3) is 0 Å². The van der Waals surface area contributed by atoms with E-state index in [1.807, 2.05) is 0 Å². The maximum atomic E-state index is 4.73. The Hall–Kier alpha value is -9.50. The van der Waals surface area contributed by atoms with E-state index < -0.39 is 5.41 Å². The molecular weight excluding hydrogens is 893 g/mol. The van der Waals surface area contributed by atoms with Gasteiger partial charge in [-0.3, -0.25) is 0 Å². The van der Waals surface area contributed by atoms with Gasteiger partial charge >= 0.3 is 0 Å². The fourth-order valence-corrected chi connectivity index (χ4v) is 11.7. The second-order valence-corrected chi connectivity index (χ2v) is 19.3. The van der Waals surface area contributed by atoms with Gasteiger partial charge < -0.3 is 9.47 Å². The van der Waals surface area contributed by atoms with Crippen LogP contribution >= 0.6 is 0 Å². The lowest BCUT2D eigenvalue weighted by Crippen LogP contribution is -2.28. The number of anilines is 3. The number of hydrogen-bond acceptors (Lipinski definition) is 1. The average Bonchev–Trinajstić information content (AvgIpc) is 4.06. The van der Waals surface area contributed by atoms with Crippen LogP contribution in [0.1, 0.15) is 40.3 Å². The van der Waals surface area contributed by atoms with Crippen LogP contribution in [0.5, 0.6) is 0 Å². The summed E-state index contributed by atoms with van der Waals surface area (Å²) in [6, 6.07) is 97.6. The zero-order valence-electron chi connectivity index (χ0n) is 41.2. The summed E-state index contributed by atoms with van der Waals surface area (Å²) in [5.41, 5.74) is 20.3. The molecule has 0 saturated carbocycles. The molecule has 13 rings (SSSR count). The summed E-state index contributed by atoms with van der Waals surface area (Å²) in [4.78, 5) is 2.42. The maximum absolute atomic E-state index is 4.73. The van der Waals surface area contributed by atoms with E-state index >= 15 is 0 Å². The van der Waals surface area contributed by atoms with E-state index in [1.54, 1.807) is 0 Å². The van der Waals surface area contributed by atoms with Crippen LogP contribution in [0.25, 0.3) is 71.7 Å². The Morgan fingerprint density at radius 3 is 1.82 bits per heavy atom. The Bertz CT molecular complexity index is 4100. The fourth-order valence-electron chi connectivity index (χ4n) is 11.7. The SMILES string of the molecule is C=C(/C=C(\C=C/C)c1cccc(N(c2ccc(-c3ccccc3)cc2)c2ccc3c(c2)C(c2ccccc2)(c2ccccc2)c2ccccc2-3)c1)c1ccc2c(c1)c1ccccc1n2-c1ccc2ccccc2c1. The highest BCUT2D eigenvalue weighted by Gasteiger charge is 2.46. The first-order valence-corrected chi connectivity index (χ1v) is 25.5. The monoisotopic (exact) mass is 944 g/mol. The van der Waals surface area contributed by atoms with Crippen LogP contribution in [0, 0.1) is 0 Å². The van der Waals surface area contributed by atoms with Gasteiger partial charge in [0.05, 0.1) is 16.4 Å². The van der Waals surface area contributed by atoms with Crippen LogP contribution in [0.4, 0.5) is 17.1 Å². The summed E-state index contributed by atoms with van der Waals surface area (Å²) < 4.78 is 2.39. The van der Waals surface area contributed by atoms with E-state index in [4.69, 9.17) is 6.58 Å². The molecule has 0 aliphatic heterocycles. The summed E-state index contributed by atoms with van der Waals surface area (Å²) in [7, 11) is 0. The van der Waals surface area contributed by atoms with Crippen LogP contribution in [0.2, 0.25) is 0 Å². The van der Waals surface area contributed by atoms with E-state index in [9.17, 15) is 0 Å². The van der Waals surface area contributed by atoms with Crippen LogP contribution in [0.15, 0.2) is 292 Å². The Labute approximate surface area is 433 Å². The van der Waals surface area contributed by atoms with Crippen molar-refractivity contribution in [1.29, 1.82) is 0 Å². The molecule has 1 heterocycles. The lowest BCUT2D eigenvalue weighted by Gasteiger charge is -2.35. The van der Waals surface area contributed by atoms with Crippen LogP contribution in [0.3, 0.4) is 0 Å². The van der Waals surface area contributed by atoms with E-state index in [0.29, 0.717) is 0 Å². The van der Waals surface area contributed by atoms with Gasteiger partial charge in [-0.2, -0.15) is 0 Å². The van der Waals surface area contributed by atoms with E-state index in [1.165, 1.54) is 77.1 Å². The molecule has 1 aromatic heterocycles. The average molecular weight is 945 g/mol. The Balaban J connectivity index is 0.935. The van der Waals surface area contributed by atoms with E-state index in [0.717, 1.165) is 45.0 Å².